The lowest BCUT2D eigenvalue weighted by Crippen LogP contribution is -2.57. The lowest BCUT2D eigenvalue weighted by Gasteiger charge is -2.40. The van der Waals surface area contributed by atoms with Crippen LogP contribution in [-0.4, -0.2) is 46.7 Å². The zero-order chi connectivity index (χ0) is 18.1. The van der Waals surface area contributed by atoms with E-state index in [-0.39, 0.29) is 31.0 Å². The summed E-state index contributed by atoms with van der Waals surface area (Å²) in [6.07, 6.45) is -4.59. The monoisotopic (exact) mass is 347 g/mol. The second-order valence-corrected chi connectivity index (χ2v) is 6.25. The summed E-state index contributed by atoms with van der Waals surface area (Å²) in [6.45, 7) is 4.67. The molecule has 0 aliphatic carbocycles. The summed E-state index contributed by atoms with van der Waals surface area (Å²) in [5, 5.41) is 6.29. The van der Waals surface area contributed by atoms with Crippen molar-refractivity contribution in [3.63, 3.8) is 0 Å². The van der Waals surface area contributed by atoms with Gasteiger partial charge in [-0.25, -0.2) is 0 Å². The second-order valence-electron chi connectivity index (χ2n) is 6.25. The number of likely N-dealkylation sites (tertiary alicyclic amines) is 1. The first-order valence-corrected chi connectivity index (χ1v) is 7.71. The maximum atomic E-state index is 13.0. The van der Waals surface area contributed by atoms with Crippen LogP contribution in [0.1, 0.15) is 55.8 Å². The smallest absolute Gasteiger partial charge is 0.360 e. The van der Waals surface area contributed by atoms with Crippen LogP contribution in [0.15, 0.2) is 10.6 Å². The maximum Gasteiger partial charge on any atom is 0.408 e. The largest absolute Gasteiger partial charge is 0.408 e. The Morgan fingerprint density at radius 2 is 2.04 bits per heavy atom. The predicted octanol–water partition coefficient (Wildman–Crippen LogP) is 2.47. The van der Waals surface area contributed by atoms with Gasteiger partial charge in [0.15, 0.2) is 5.69 Å². The Bertz CT molecular complexity index is 613. The fourth-order valence-electron chi connectivity index (χ4n) is 2.70. The Morgan fingerprint density at radius 3 is 2.54 bits per heavy atom. The number of nitrogens with one attached hydrogen (secondary N) is 1. The van der Waals surface area contributed by atoms with E-state index in [0.717, 1.165) is 11.8 Å². The third-order valence-corrected chi connectivity index (χ3v) is 4.03. The van der Waals surface area contributed by atoms with Gasteiger partial charge in [-0.15, -0.1) is 0 Å². The molecule has 24 heavy (non-hydrogen) atoms. The topological polar surface area (TPSA) is 75.4 Å². The molecule has 2 unspecified atom stereocenters. The van der Waals surface area contributed by atoms with E-state index in [1.807, 2.05) is 13.8 Å². The highest BCUT2D eigenvalue weighted by atomic mass is 19.4. The minimum Gasteiger partial charge on any atom is -0.360 e. The Kier molecular flexibility index (Phi) is 5.19. The third-order valence-electron chi connectivity index (χ3n) is 4.03. The number of hydrogen-bond acceptors (Lipinski definition) is 4. The first-order valence-electron chi connectivity index (χ1n) is 7.71. The van der Waals surface area contributed by atoms with E-state index in [1.165, 1.54) is 6.07 Å². The van der Waals surface area contributed by atoms with Crippen molar-refractivity contribution in [2.45, 2.75) is 57.8 Å². The third kappa shape index (κ3) is 4.07. The van der Waals surface area contributed by atoms with Crippen molar-refractivity contribution < 1.29 is 27.3 Å². The van der Waals surface area contributed by atoms with E-state index in [2.05, 4.69) is 10.5 Å². The van der Waals surface area contributed by atoms with Crippen molar-refractivity contribution in [1.82, 2.24) is 15.4 Å². The summed E-state index contributed by atoms with van der Waals surface area (Å²) < 4.78 is 44.0. The molecule has 1 N–H and O–H groups in total. The van der Waals surface area contributed by atoms with Crippen molar-refractivity contribution in [1.29, 1.82) is 0 Å². The number of carbonyl (C=O) groups excluding carboxylic acids is 2. The number of hydrogen-bond donors (Lipinski definition) is 1. The Balaban J connectivity index is 2.03. The number of piperidine rings is 1. The molecule has 6 nitrogen and oxygen atoms in total. The van der Waals surface area contributed by atoms with Crippen molar-refractivity contribution in [2.75, 3.05) is 6.54 Å². The van der Waals surface area contributed by atoms with Gasteiger partial charge < -0.3 is 14.7 Å². The molecule has 0 saturated carbocycles. The van der Waals surface area contributed by atoms with Crippen molar-refractivity contribution in [3.8, 4) is 0 Å². The van der Waals surface area contributed by atoms with Crippen molar-refractivity contribution >= 4 is 11.8 Å². The van der Waals surface area contributed by atoms with Gasteiger partial charge in [-0.05, 0) is 12.8 Å². The van der Waals surface area contributed by atoms with Gasteiger partial charge in [0.1, 0.15) is 11.8 Å². The van der Waals surface area contributed by atoms with Crippen LogP contribution < -0.4 is 5.32 Å². The maximum absolute atomic E-state index is 13.0. The van der Waals surface area contributed by atoms with Crippen LogP contribution in [0.3, 0.4) is 0 Å². The molecule has 2 amide bonds. The highest BCUT2D eigenvalue weighted by Crippen LogP contribution is 2.32. The van der Waals surface area contributed by atoms with Gasteiger partial charge in [-0.3, -0.25) is 9.59 Å². The van der Waals surface area contributed by atoms with Crippen molar-refractivity contribution in [3.05, 3.63) is 17.5 Å². The number of rotatable bonds is 3. The molecule has 2 heterocycles. The van der Waals surface area contributed by atoms with Gasteiger partial charge in [0, 0.05) is 31.5 Å². The number of amides is 2. The number of nitrogens with zero attached hydrogens (tertiary/aromatic N) is 2. The average Bonchev–Trinajstić information content (AvgIpc) is 2.96. The van der Waals surface area contributed by atoms with Gasteiger partial charge in [0.2, 0.25) is 5.91 Å². The van der Waals surface area contributed by atoms with Crippen LogP contribution in [-0.2, 0) is 4.79 Å². The van der Waals surface area contributed by atoms with Crippen LogP contribution in [0.2, 0.25) is 0 Å². The molecule has 1 fully saturated rings. The van der Waals surface area contributed by atoms with Crippen LogP contribution in [0, 0.1) is 0 Å². The number of carbonyl (C=O) groups is 2. The quantitative estimate of drug-likeness (QED) is 0.911. The number of halogens is 3. The fraction of sp³-hybridized carbons (Fsp3) is 0.667. The summed E-state index contributed by atoms with van der Waals surface area (Å²) in [7, 11) is 0. The molecule has 0 radical (unpaired) electrons. The molecule has 0 bridgehead atoms. The van der Waals surface area contributed by atoms with Crippen LogP contribution in [0.4, 0.5) is 13.2 Å². The molecule has 1 aliphatic heterocycles. The molecule has 134 valence electrons. The first kappa shape index (κ1) is 18.3. The summed E-state index contributed by atoms with van der Waals surface area (Å²) >= 11 is 0. The molecular weight excluding hydrogens is 327 g/mol. The van der Waals surface area contributed by atoms with Gasteiger partial charge >= 0.3 is 6.18 Å². The first-order chi connectivity index (χ1) is 11.1. The van der Waals surface area contributed by atoms with Gasteiger partial charge in [0.25, 0.3) is 5.91 Å². The number of aromatic nitrogens is 1. The Labute approximate surface area is 137 Å². The molecule has 1 aliphatic rings. The summed E-state index contributed by atoms with van der Waals surface area (Å²) in [4.78, 5) is 24.4. The second kappa shape index (κ2) is 6.82. The predicted molar refractivity (Wildman–Crippen MR) is 78.3 cm³/mol. The molecule has 1 aromatic rings. The SMILES string of the molecule is CC(=O)N1CC(NC(=O)c2cc(C(C)C)on2)CCC1C(F)(F)F. The van der Waals surface area contributed by atoms with E-state index in [9.17, 15) is 22.8 Å². The van der Waals surface area contributed by atoms with Crippen LogP contribution in [0.5, 0.6) is 0 Å². The number of alkyl halides is 3. The fourth-order valence-corrected chi connectivity index (χ4v) is 2.70. The van der Waals surface area contributed by atoms with Crippen LogP contribution in [0.25, 0.3) is 0 Å². The lowest BCUT2D eigenvalue weighted by atomic mass is 9.97. The minimum absolute atomic E-state index is 0.0643. The molecule has 1 aromatic heterocycles. The molecule has 2 atom stereocenters. The zero-order valence-electron chi connectivity index (χ0n) is 13.7. The molecular formula is C15H20F3N3O3. The lowest BCUT2D eigenvalue weighted by molar-refractivity contribution is -0.196. The normalized spacial score (nSPS) is 21.9. The van der Waals surface area contributed by atoms with Crippen molar-refractivity contribution in [2.24, 2.45) is 0 Å². The van der Waals surface area contributed by atoms with Crippen LogP contribution >= 0.6 is 0 Å². The Morgan fingerprint density at radius 1 is 1.38 bits per heavy atom. The van der Waals surface area contributed by atoms with Gasteiger partial charge in [-0.2, -0.15) is 13.2 Å². The highest BCUT2D eigenvalue weighted by Gasteiger charge is 2.47. The molecule has 9 heteroatoms. The van der Waals surface area contributed by atoms with E-state index in [4.69, 9.17) is 4.52 Å². The van der Waals surface area contributed by atoms with E-state index >= 15 is 0 Å². The zero-order valence-corrected chi connectivity index (χ0v) is 13.7. The molecule has 0 aromatic carbocycles. The highest BCUT2D eigenvalue weighted by molar-refractivity contribution is 5.92. The van der Waals surface area contributed by atoms with E-state index in [0.29, 0.717) is 5.76 Å². The standard InChI is InChI=1S/C15H20F3N3O3/c1-8(2)12-6-11(20-24-12)14(23)19-10-4-5-13(15(16,17)18)21(7-10)9(3)22/h6,8,10,13H,4-5,7H2,1-3H3,(H,19,23). The minimum atomic E-state index is -4.47. The summed E-state index contributed by atoms with van der Waals surface area (Å²) in [5.41, 5.74) is 0.0750. The molecule has 2 rings (SSSR count). The molecule has 1 saturated heterocycles. The summed E-state index contributed by atoms with van der Waals surface area (Å²) in [5.74, 6) is -0.579. The van der Waals surface area contributed by atoms with Gasteiger partial charge in [0.05, 0.1) is 0 Å². The van der Waals surface area contributed by atoms with E-state index < -0.39 is 30.1 Å². The summed E-state index contributed by atoms with van der Waals surface area (Å²) in [6, 6.07) is -0.855. The average molecular weight is 347 g/mol. The van der Waals surface area contributed by atoms with E-state index in [1.54, 1.807) is 0 Å². The Hall–Kier alpha value is -2.06. The van der Waals surface area contributed by atoms with Gasteiger partial charge in [-0.1, -0.05) is 19.0 Å². The molecule has 0 spiro atoms.